The zero-order chi connectivity index (χ0) is 22.7. The lowest BCUT2D eigenvalue weighted by Crippen LogP contribution is -2.51. The molecule has 1 amide bonds. The predicted octanol–water partition coefficient (Wildman–Crippen LogP) is 2.18. The van der Waals surface area contributed by atoms with E-state index >= 15 is 0 Å². The monoisotopic (exact) mass is 455 g/mol. The molecule has 9 heteroatoms. The molecular formula is C23H22FN3O4S. The molecule has 0 spiro atoms. The maximum atomic E-state index is 14.0. The van der Waals surface area contributed by atoms with Crippen LogP contribution in [0, 0.1) is 5.82 Å². The van der Waals surface area contributed by atoms with Crippen LogP contribution in [-0.4, -0.2) is 54.3 Å². The Labute approximate surface area is 185 Å². The quantitative estimate of drug-likeness (QED) is 0.591. The van der Waals surface area contributed by atoms with Gasteiger partial charge in [0.15, 0.2) is 0 Å². The van der Waals surface area contributed by atoms with Crippen molar-refractivity contribution < 1.29 is 17.6 Å². The highest BCUT2D eigenvalue weighted by Crippen LogP contribution is 2.20. The standard InChI is InChI=1S/C23H22FN3O4S/c24-20-10-4-5-11-21(20)32(30,31)27-15-13-25(14-16-27)22(28)19-9-6-12-26(23(19)29)17-18-7-2-1-3-8-18/h1-12H,13-17H2. The molecule has 0 N–H and O–H groups in total. The highest BCUT2D eigenvalue weighted by Gasteiger charge is 2.32. The summed E-state index contributed by atoms with van der Waals surface area (Å²) in [5, 5.41) is 0. The van der Waals surface area contributed by atoms with Crippen LogP contribution in [0.15, 0.2) is 82.6 Å². The Morgan fingerprint density at radius 1 is 0.875 bits per heavy atom. The number of carbonyl (C=O) groups is 1. The molecule has 4 rings (SSSR count). The number of benzene rings is 2. The number of piperazine rings is 1. The molecule has 1 aromatic heterocycles. The van der Waals surface area contributed by atoms with Crippen molar-refractivity contribution in [1.82, 2.24) is 13.8 Å². The van der Waals surface area contributed by atoms with E-state index in [9.17, 15) is 22.4 Å². The number of hydrogen-bond acceptors (Lipinski definition) is 4. The second kappa shape index (κ2) is 9.05. The number of hydrogen-bond donors (Lipinski definition) is 0. The molecule has 1 fully saturated rings. The molecule has 1 saturated heterocycles. The minimum absolute atomic E-state index is 0.0213. The summed E-state index contributed by atoms with van der Waals surface area (Å²) in [5.41, 5.74) is 0.572. The molecule has 0 aliphatic carbocycles. The Hall–Kier alpha value is -3.30. The van der Waals surface area contributed by atoms with Crippen LogP contribution < -0.4 is 5.56 Å². The molecule has 32 heavy (non-hydrogen) atoms. The molecule has 0 atom stereocenters. The van der Waals surface area contributed by atoms with E-state index in [0.29, 0.717) is 6.54 Å². The number of halogens is 1. The van der Waals surface area contributed by atoms with Crippen LogP contribution in [0.5, 0.6) is 0 Å². The van der Waals surface area contributed by atoms with Gasteiger partial charge in [0.25, 0.3) is 11.5 Å². The minimum Gasteiger partial charge on any atom is -0.336 e. The largest absolute Gasteiger partial charge is 0.336 e. The lowest BCUT2D eigenvalue weighted by molar-refractivity contribution is 0.0695. The van der Waals surface area contributed by atoms with E-state index in [4.69, 9.17) is 0 Å². The zero-order valence-corrected chi connectivity index (χ0v) is 18.0. The molecule has 7 nitrogen and oxygen atoms in total. The summed E-state index contributed by atoms with van der Waals surface area (Å²) in [6.45, 7) is 0.607. The van der Waals surface area contributed by atoms with E-state index in [1.54, 1.807) is 12.3 Å². The Kier molecular flexibility index (Phi) is 6.20. The van der Waals surface area contributed by atoms with Gasteiger partial charge in [0.2, 0.25) is 10.0 Å². The van der Waals surface area contributed by atoms with Gasteiger partial charge in [0.05, 0.1) is 6.54 Å². The van der Waals surface area contributed by atoms with Crippen LogP contribution in [0.1, 0.15) is 15.9 Å². The summed E-state index contributed by atoms with van der Waals surface area (Å²) in [5.74, 6) is -1.25. The summed E-state index contributed by atoms with van der Waals surface area (Å²) in [4.78, 5) is 26.9. The van der Waals surface area contributed by atoms with Crippen molar-refractivity contribution in [1.29, 1.82) is 0 Å². The van der Waals surface area contributed by atoms with E-state index in [2.05, 4.69) is 0 Å². The van der Waals surface area contributed by atoms with E-state index in [-0.39, 0.29) is 36.6 Å². The van der Waals surface area contributed by atoms with Crippen LogP contribution >= 0.6 is 0 Å². The summed E-state index contributed by atoms with van der Waals surface area (Å²) >= 11 is 0. The maximum Gasteiger partial charge on any atom is 0.263 e. The van der Waals surface area contributed by atoms with Crippen molar-refractivity contribution in [3.63, 3.8) is 0 Å². The number of nitrogens with zero attached hydrogens (tertiary/aromatic N) is 3. The molecular weight excluding hydrogens is 433 g/mol. The van der Waals surface area contributed by atoms with Gasteiger partial charge in [0.1, 0.15) is 16.3 Å². The lowest BCUT2D eigenvalue weighted by Gasteiger charge is -2.34. The fourth-order valence-electron chi connectivity index (χ4n) is 3.70. The summed E-state index contributed by atoms with van der Waals surface area (Å²) in [7, 11) is -4.00. The van der Waals surface area contributed by atoms with Crippen LogP contribution in [0.3, 0.4) is 0 Å². The zero-order valence-electron chi connectivity index (χ0n) is 17.2. The molecule has 2 heterocycles. The Morgan fingerprint density at radius 3 is 2.22 bits per heavy atom. The van der Waals surface area contributed by atoms with Gasteiger partial charge in [-0.05, 0) is 29.8 Å². The first-order valence-corrected chi connectivity index (χ1v) is 11.6. The van der Waals surface area contributed by atoms with E-state index in [1.165, 1.54) is 33.7 Å². The van der Waals surface area contributed by atoms with Gasteiger partial charge in [-0.1, -0.05) is 42.5 Å². The fourth-order valence-corrected chi connectivity index (χ4v) is 5.19. The molecule has 1 aliphatic rings. The van der Waals surface area contributed by atoms with Gasteiger partial charge in [-0.15, -0.1) is 0 Å². The second-order valence-corrected chi connectivity index (χ2v) is 9.37. The number of carbonyl (C=O) groups excluding carboxylic acids is 1. The van der Waals surface area contributed by atoms with Gasteiger partial charge >= 0.3 is 0 Å². The Balaban J connectivity index is 1.48. The topological polar surface area (TPSA) is 79.7 Å². The van der Waals surface area contributed by atoms with Gasteiger partial charge in [0, 0.05) is 32.4 Å². The number of rotatable bonds is 5. The SMILES string of the molecule is O=C(c1cccn(Cc2ccccc2)c1=O)N1CCN(S(=O)(=O)c2ccccc2F)CC1. The number of amides is 1. The normalized spacial score (nSPS) is 15.0. The van der Waals surface area contributed by atoms with Crippen molar-refractivity contribution in [2.45, 2.75) is 11.4 Å². The highest BCUT2D eigenvalue weighted by molar-refractivity contribution is 7.89. The predicted molar refractivity (Wildman–Crippen MR) is 117 cm³/mol. The molecule has 166 valence electrons. The summed E-state index contributed by atoms with van der Waals surface area (Å²) < 4.78 is 42.1. The van der Waals surface area contributed by atoms with Gasteiger partial charge < -0.3 is 9.47 Å². The fraction of sp³-hybridized carbons (Fsp3) is 0.217. The first-order chi connectivity index (χ1) is 15.4. The van der Waals surface area contributed by atoms with E-state index in [1.807, 2.05) is 30.3 Å². The van der Waals surface area contributed by atoms with E-state index < -0.39 is 27.3 Å². The lowest BCUT2D eigenvalue weighted by atomic mass is 10.2. The summed E-state index contributed by atoms with van der Waals surface area (Å²) in [6, 6.07) is 17.8. The van der Waals surface area contributed by atoms with Crippen molar-refractivity contribution in [2.75, 3.05) is 26.2 Å². The highest BCUT2D eigenvalue weighted by atomic mass is 32.2. The van der Waals surface area contributed by atoms with Crippen LogP contribution in [-0.2, 0) is 16.6 Å². The van der Waals surface area contributed by atoms with Gasteiger partial charge in [-0.3, -0.25) is 9.59 Å². The van der Waals surface area contributed by atoms with Gasteiger partial charge in [-0.2, -0.15) is 4.31 Å². The Bertz CT molecular complexity index is 1280. The van der Waals surface area contributed by atoms with Crippen molar-refractivity contribution >= 4 is 15.9 Å². The third kappa shape index (κ3) is 4.35. The number of pyridine rings is 1. The maximum absolute atomic E-state index is 14.0. The van der Waals surface area contributed by atoms with Crippen LogP contribution in [0.4, 0.5) is 4.39 Å². The summed E-state index contributed by atoms with van der Waals surface area (Å²) in [6.07, 6.45) is 1.63. The second-order valence-electron chi connectivity index (χ2n) is 7.47. The minimum atomic E-state index is -4.00. The first kappa shape index (κ1) is 21.9. The van der Waals surface area contributed by atoms with Crippen molar-refractivity contribution in [3.05, 3.63) is 100 Å². The number of sulfonamides is 1. The molecule has 1 aliphatic heterocycles. The molecule has 3 aromatic rings. The third-order valence-electron chi connectivity index (χ3n) is 5.43. The molecule has 0 radical (unpaired) electrons. The van der Waals surface area contributed by atoms with Crippen molar-refractivity contribution in [3.8, 4) is 0 Å². The molecule has 0 bridgehead atoms. The third-order valence-corrected chi connectivity index (χ3v) is 7.36. The van der Waals surface area contributed by atoms with Crippen LogP contribution in [0.2, 0.25) is 0 Å². The van der Waals surface area contributed by atoms with Crippen molar-refractivity contribution in [2.24, 2.45) is 0 Å². The average Bonchev–Trinajstić information content (AvgIpc) is 2.81. The smallest absolute Gasteiger partial charge is 0.263 e. The first-order valence-electron chi connectivity index (χ1n) is 10.2. The number of aromatic nitrogens is 1. The van der Waals surface area contributed by atoms with E-state index in [0.717, 1.165) is 15.9 Å². The van der Waals surface area contributed by atoms with Gasteiger partial charge in [-0.25, -0.2) is 12.8 Å². The van der Waals surface area contributed by atoms with Crippen LogP contribution in [0.25, 0.3) is 0 Å². The Morgan fingerprint density at radius 2 is 1.53 bits per heavy atom. The average molecular weight is 456 g/mol. The molecule has 0 unspecified atom stereocenters. The molecule has 0 saturated carbocycles. The molecule has 2 aromatic carbocycles.